The maximum Gasteiger partial charge on any atom is 0.304 e. The normalized spacial score (nSPS) is 14.7. The van der Waals surface area contributed by atoms with E-state index in [1.54, 1.807) is 0 Å². The summed E-state index contributed by atoms with van der Waals surface area (Å²) in [6.45, 7) is 1.24. The largest absolute Gasteiger partial charge is 0.481 e. The molecule has 0 aromatic carbocycles. The first-order valence-electron chi connectivity index (χ1n) is 5.07. The van der Waals surface area contributed by atoms with Crippen LogP contribution in [0.25, 0.3) is 0 Å². The van der Waals surface area contributed by atoms with Gasteiger partial charge in [0.1, 0.15) is 9.84 Å². The lowest BCUT2D eigenvalue weighted by Crippen LogP contribution is -2.45. The highest BCUT2D eigenvalue weighted by molar-refractivity contribution is 7.90. The lowest BCUT2D eigenvalue weighted by Gasteiger charge is -2.20. The van der Waals surface area contributed by atoms with Crippen LogP contribution in [0, 0.1) is 0 Å². The van der Waals surface area contributed by atoms with Crippen LogP contribution in [-0.4, -0.2) is 63.9 Å². The van der Waals surface area contributed by atoms with Crippen molar-refractivity contribution in [3.05, 3.63) is 0 Å². The Morgan fingerprint density at radius 3 is 2.22 bits per heavy atom. The van der Waals surface area contributed by atoms with Crippen LogP contribution in [0.4, 0.5) is 0 Å². The first-order chi connectivity index (χ1) is 7.94. The number of nitrogens with zero attached hydrogens (tertiary/aromatic N) is 1. The SMILES string of the molecule is CC(CS(C)(=O)=O)NS(=O)(=O)N(C)CCC(=O)O. The monoisotopic (exact) mass is 302 g/mol. The average Bonchev–Trinajstić information content (AvgIpc) is 2.09. The molecule has 0 radical (unpaired) electrons. The summed E-state index contributed by atoms with van der Waals surface area (Å²) in [6.07, 6.45) is 0.684. The molecule has 1 unspecified atom stereocenters. The Bertz CT molecular complexity index is 484. The molecule has 0 amide bonds. The van der Waals surface area contributed by atoms with E-state index in [9.17, 15) is 21.6 Å². The molecule has 0 aromatic rings. The molecule has 0 heterocycles. The molecule has 0 aliphatic carbocycles. The van der Waals surface area contributed by atoms with E-state index in [2.05, 4.69) is 4.72 Å². The van der Waals surface area contributed by atoms with Gasteiger partial charge in [0.15, 0.2) is 0 Å². The number of nitrogens with one attached hydrogen (secondary N) is 1. The van der Waals surface area contributed by atoms with Crippen molar-refractivity contribution in [1.29, 1.82) is 0 Å². The van der Waals surface area contributed by atoms with E-state index in [1.165, 1.54) is 14.0 Å². The Morgan fingerprint density at radius 2 is 1.83 bits per heavy atom. The Labute approximate surface area is 107 Å². The molecule has 108 valence electrons. The molecule has 0 saturated heterocycles. The molecule has 1 atom stereocenters. The van der Waals surface area contributed by atoms with Gasteiger partial charge in [-0.3, -0.25) is 4.79 Å². The van der Waals surface area contributed by atoms with Crippen LogP contribution >= 0.6 is 0 Å². The van der Waals surface area contributed by atoms with Crippen molar-refractivity contribution in [3.63, 3.8) is 0 Å². The van der Waals surface area contributed by atoms with Gasteiger partial charge in [-0.1, -0.05) is 0 Å². The van der Waals surface area contributed by atoms with Crippen molar-refractivity contribution in [2.24, 2.45) is 0 Å². The Kier molecular flexibility index (Phi) is 6.20. The Morgan fingerprint density at radius 1 is 1.33 bits per heavy atom. The smallest absolute Gasteiger partial charge is 0.304 e. The van der Waals surface area contributed by atoms with Gasteiger partial charge in [0.25, 0.3) is 10.2 Å². The quantitative estimate of drug-likeness (QED) is 0.572. The van der Waals surface area contributed by atoms with Gasteiger partial charge in [0.05, 0.1) is 12.2 Å². The fourth-order valence-corrected chi connectivity index (χ4v) is 3.41. The second-order valence-corrected chi connectivity index (χ2v) is 8.08. The molecule has 0 aliphatic rings. The van der Waals surface area contributed by atoms with Crippen LogP contribution in [0.3, 0.4) is 0 Å². The zero-order valence-corrected chi connectivity index (χ0v) is 12.1. The van der Waals surface area contributed by atoms with Gasteiger partial charge in [-0.05, 0) is 6.92 Å². The Balaban J connectivity index is 4.51. The third-order valence-electron chi connectivity index (χ3n) is 1.95. The predicted molar refractivity (Wildman–Crippen MR) is 66.1 cm³/mol. The molecule has 2 N–H and O–H groups in total. The van der Waals surface area contributed by atoms with Gasteiger partial charge in [-0.15, -0.1) is 0 Å². The van der Waals surface area contributed by atoms with Gasteiger partial charge in [0, 0.05) is 25.9 Å². The van der Waals surface area contributed by atoms with E-state index < -0.39 is 32.1 Å². The molecular weight excluding hydrogens is 284 g/mol. The summed E-state index contributed by atoms with van der Waals surface area (Å²) >= 11 is 0. The minimum absolute atomic E-state index is 0.184. The van der Waals surface area contributed by atoms with Crippen molar-refractivity contribution < 1.29 is 26.7 Å². The number of carboxylic acid groups (broad SMARTS) is 1. The number of carboxylic acids is 1. The standard InChI is InChI=1S/C8H18N2O6S2/c1-7(6-17(3,13)14)9-18(15,16)10(2)5-4-8(11)12/h7,9H,4-6H2,1-3H3,(H,11,12). The molecule has 18 heavy (non-hydrogen) atoms. The molecule has 10 heteroatoms. The van der Waals surface area contributed by atoms with E-state index in [0.717, 1.165) is 10.6 Å². The number of sulfone groups is 1. The molecule has 0 spiro atoms. The molecule has 0 saturated carbocycles. The van der Waals surface area contributed by atoms with Crippen LogP contribution in [0.1, 0.15) is 13.3 Å². The first-order valence-corrected chi connectivity index (χ1v) is 8.57. The minimum atomic E-state index is -3.87. The fraction of sp³-hybridized carbons (Fsp3) is 0.875. The summed E-state index contributed by atoms with van der Waals surface area (Å²) in [5, 5.41) is 8.44. The van der Waals surface area contributed by atoms with Crippen LogP contribution in [0.15, 0.2) is 0 Å². The molecule has 8 nitrogen and oxygen atoms in total. The maximum atomic E-state index is 11.7. The first kappa shape index (κ1) is 17.3. The third kappa shape index (κ3) is 7.58. The summed E-state index contributed by atoms with van der Waals surface area (Å²) in [4.78, 5) is 10.3. The highest BCUT2D eigenvalue weighted by atomic mass is 32.2. The highest BCUT2D eigenvalue weighted by Crippen LogP contribution is 1.99. The van der Waals surface area contributed by atoms with E-state index >= 15 is 0 Å². The molecular formula is C8H18N2O6S2. The van der Waals surface area contributed by atoms with Crippen molar-refractivity contribution in [2.75, 3.05) is 25.6 Å². The Hall–Kier alpha value is -0.710. The van der Waals surface area contributed by atoms with Gasteiger partial charge < -0.3 is 5.11 Å². The zero-order chi connectivity index (χ0) is 14.6. The molecule has 0 aromatic heterocycles. The lowest BCUT2D eigenvalue weighted by molar-refractivity contribution is -0.137. The van der Waals surface area contributed by atoms with E-state index in [4.69, 9.17) is 5.11 Å². The van der Waals surface area contributed by atoms with E-state index in [0.29, 0.717) is 0 Å². The highest BCUT2D eigenvalue weighted by Gasteiger charge is 2.22. The van der Waals surface area contributed by atoms with Crippen molar-refractivity contribution in [2.45, 2.75) is 19.4 Å². The number of hydrogen-bond acceptors (Lipinski definition) is 5. The number of aliphatic carboxylic acids is 1. The lowest BCUT2D eigenvalue weighted by atomic mass is 10.4. The number of hydrogen-bond donors (Lipinski definition) is 2. The van der Waals surface area contributed by atoms with Crippen LogP contribution in [0.2, 0.25) is 0 Å². The average molecular weight is 302 g/mol. The summed E-state index contributed by atoms with van der Waals surface area (Å²) in [7, 11) is -5.94. The third-order valence-corrected chi connectivity index (χ3v) is 4.76. The van der Waals surface area contributed by atoms with E-state index in [1.807, 2.05) is 0 Å². The van der Waals surface area contributed by atoms with Crippen molar-refractivity contribution >= 4 is 26.0 Å². The molecule has 0 rings (SSSR count). The van der Waals surface area contributed by atoms with Crippen molar-refractivity contribution in [3.8, 4) is 0 Å². The molecule has 0 fully saturated rings. The van der Waals surface area contributed by atoms with Gasteiger partial charge in [-0.2, -0.15) is 17.4 Å². The maximum absolute atomic E-state index is 11.7. The van der Waals surface area contributed by atoms with Gasteiger partial charge >= 0.3 is 5.97 Å². The summed E-state index contributed by atoms with van der Waals surface area (Å²) < 4.78 is 48.3. The number of rotatable bonds is 8. The van der Waals surface area contributed by atoms with E-state index in [-0.39, 0.29) is 18.7 Å². The van der Waals surface area contributed by atoms with Crippen LogP contribution in [0.5, 0.6) is 0 Å². The summed E-state index contributed by atoms with van der Waals surface area (Å²) in [6, 6.07) is -0.780. The fourth-order valence-electron chi connectivity index (χ4n) is 1.21. The number of carbonyl (C=O) groups is 1. The zero-order valence-electron chi connectivity index (χ0n) is 10.5. The van der Waals surface area contributed by atoms with Gasteiger partial charge in [-0.25, -0.2) is 8.42 Å². The van der Waals surface area contributed by atoms with Crippen LogP contribution in [-0.2, 0) is 24.8 Å². The predicted octanol–water partition coefficient (Wildman–Crippen LogP) is -1.34. The molecule has 0 bridgehead atoms. The second kappa shape index (κ2) is 6.45. The minimum Gasteiger partial charge on any atom is -0.481 e. The summed E-state index contributed by atoms with van der Waals surface area (Å²) in [5.74, 6) is -1.43. The van der Waals surface area contributed by atoms with Crippen molar-refractivity contribution in [1.82, 2.24) is 9.03 Å². The van der Waals surface area contributed by atoms with Crippen LogP contribution < -0.4 is 4.72 Å². The topological polar surface area (TPSA) is 121 Å². The van der Waals surface area contributed by atoms with Gasteiger partial charge in [0.2, 0.25) is 0 Å². The summed E-state index contributed by atoms with van der Waals surface area (Å²) in [5.41, 5.74) is 0. The molecule has 0 aliphatic heterocycles. The second-order valence-electron chi connectivity index (χ2n) is 4.08.